The monoisotopic (exact) mass is 309 g/mol. The van der Waals surface area contributed by atoms with Crippen LogP contribution in [0.4, 0.5) is 4.39 Å². The molecule has 0 aliphatic carbocycles. The van der Waals surface area contributed by atoms with Gasteiger partial charge in [-0.2, -0.15) is 0 Å². The molecule has 1 aliphatic heterocycles. The molecule has 0 saturated carbocycles. The van der Waals surface area contributed by atoms with Crippen LogP contribution in [0.15, 0.2) is 18.2 Å². The average molecular weight is 309 g/mol. The van der Waals surface area contributed by atoms with E-state index in [1.807, 2.05) is 27.7 Å². The fourth-order valence-electron chi connectivity index (χ4n) is 2.86. The molecule has 1 heterocycles. The molecule has 1 amide bonds. The van der Waals surface area contributed by atoms with Crippen molar-refractivity contribution in [2.24, 2.45) is 0 Å². The summed E-state index contributed by atoms with van der Waals surface area (Å²) in [6.07, 6.45) is 0.612. The minimum absolute atomic E-state index is 0.175. The van der Waals surface area contributed by atoms with Crippen molar-refractivity contribution in [3.8, 4) is 0 Å². The van der Waals surface area contributed by atoms with E-state index in [-0.39, 0.29) is 22.8 Å². The van der Waals surface area contributed by atoms with Crippen molar-refractivity contribution >= 4 is 11.9 Å². The lowest BCUT2D eigenvalue weighted by Crippen LogP contribution is -2.46. The fourth-order valence-corrected chi connectivity index (χ4v) is 2.86. The van der Waals surface area contributed by atoms with Gasteiger partial charge in [-0.1, -0.05) is 0 Å². The van der Waals surface area contributed by atoms with Gasteiger partial charge in [0.05, 0.1) is 28.4 Å². The summed E-state index contributed by atoms with van der Waals surface area (Å²) in [6.45, 7) is 7.61. The summed E-state index contributed by atoms with van der Waals surface area (Å²) in [5.41, 5.74) is -1.30. The first-order chi connectivity index (χ1) is 10.0. The maximum Gasteiger partial charge on any atom is 0.335 e. The largest absolute Gasteiger partial charge is 0.478 e. The Morgan fingerprint density at radius 3 is 2.41 bits per heavy atom. The normalized spacial score (nSPS) is 22.3. The smallest absolute Gasteiger partial charge is 0.335 e. The molecule has 22 heavy (non-hydrogen) atoms. The summed E-state index contributed by atoms with van der Waals surface area (Å²) in [5, 5.41) is 11.6. The van der Waals surface area contributed by atoms with Gasteiger partial charge in [-0.3, -0.25) is 4.79 Å². The second-order valence-corrected chi connectivity index (χ2v) is 6.70. The number of amides is 1. The average Bonchev–Trinajstić information content (AvgIpc) is 2.56. The number of hydrogen-bond donors (Lipinski definition) is 2. The number of benzene rings is 1. The molecule has 0 radical (unpaired) electrons. The summed E-state index contributed by atoms with van der Waals surface area (Å²) >= 11 is 0. The first kappa shape index (κ1) is 16.4. The molecule has 5 nitrogen and oxygen atoms in total. The second kappa shape index (κ2) is 5.35. The molecule has 0 aromatic heterocycles. The standard InChI is InChI=1S/C16H20FNO4/c1-15(2)8-12(16(3,4)22-15)18-13(19)10-6-5-9(14(20)21)7-11(10)17/h5-7,12H,8H2,1-4H3,(H,18,19)(H,20,21). The minimum Gasteiger partial charge on any atom is -0.478 e. The highest BCUT2D eigenvalue weighted by Gasteiger charge is 2.46. The molecular weight excluding hydrogens is 289 g/mol. The molecule has 0 spiro atoms. The Kier molecular flexibility index (Phi) is 4.00. The highest BCUT2D eigenvalue weighted by Crippen LogP contribution is 2.37. The fraction of sp³-hybridized carbons (Fsp3) is 0.500. The van der Waals surface area contributed by atoms with Crippen molar-refractivity contribution in [2.75, 3.05) is 0 Å². The van der Waals surface area contributed by atoms with E-state index in [2.05, 4.69) is 5.32 Å². The van der Waals surface area contributed by atoms with Gasteiger partial charge >= 0.3 is 5.97 Å². The van der Waals surface area contributed by atoms with Crippen molar-refractivity contribution in [1.29, 1.82) is 0 Å². The second-order valence-electron chi connectivity index (χ2n) is 6.70. The predicted octanol–water partition coefficient (Wildman–Crippen LogP) is 2.60. The third-order valence-electron chi connectivity index (χ3n) is 3.84. The number of carbonyl (C=O) groups excluding carboxylic acids is 1. The molecule has 0 bridgehead atoms. The summed E-state index contributed by atoms with van der Waals surface area (Å²) in [6, 6.07) is 2.98. The van der Waals surface area contributed by atoms with Crippen LogP contribution < -0.4 is 5.32 Å². The third-order valence-corrected chi connectivity index (χ3v) is 3.84. The Morgan fingerprint density at radius 2 is 1.95 bits per heavy atom. The van der Waals surface area contributed by atoms with Gasteiger partial charge in [-0.25, -0.2) is 9.18 Å². The van der Waals surface area contributed by atoms with Crippen molar-refractivity contribution in [2.45, 2.75) is 51.4 Å². The van der Waals surface area contributed by atoms with Crippen LogP contribution in [-0.4, -0.2) is 34.2 Å². The van der Waals surface area contributed by atoms with Gasteiger partial charge < -0.3 is 15.2 Å². The van der Waals surface area contributed by atoms with E-state index >= 15 is 0 Å². The molecular formula is C16H20FNO4. The molecule has 1 saturated heterocycles. The molecule has 1 aromatic rings. The van der Waals surface area contributed by atoms with Gasteiger partial charge in [0.15, 0.2) is 0 Å². The number of halogens is 1. The third kappa shape index (κ3) is 3.27. The van der Waals surface area contributed by atoms with E-state index in [9.17, 15) is 14.0 Å². The summed E-state index contributed by atoms with van der Waals surface area (Å²) in [4.78, 5) is 23.0. The van der Waals surface area contributed by atoms with Crippen molar-refractivity contribution in [3.05, 3.63) is 35.1 Å². The minimum atomic E-state index is -1.24. The lowest BCUT2D eigenvalue weighted by Gasteiger charge is -2.27. The first-order valence-corrected chi connectivity index (χ1v) is 7.06. The maximum absolute atomic E-state index is 13.9. The molecule has 1 fully saturated rings. The van der Waals surface area contributed by atoms with E-state index in [1.54, 1.807) is 0 Å². The van der Waals surface area contributed by atoms with Crippen LogP contribution >= 0.6 is 0 Å². The summed E-state index contributed by atoms with van der Waals surface area (Å²) in [5.74, 6) is -2.67. The van der Waals surface area contributed by atoms with Crippen molar-refractivity contribution in [3.63, 3.8) is 0 Å². The van der Waals surface area contributed by atoms with Crippen LogP contribution in [0.25, 0.3) is 0 Å². The topological polar surface area (TPSA) is 75.6 Å². The van der Waals surface area contributed by atoms with E-state index < -0.39 is 23.3 Å². The molecule has 2 rings (SSSR count). The van der Waals surface area contributed by atoms with Crippen molar-refractivity contribution in [1.82, 2.24) is 5.32 Å². The van der Waals surface area contributed by atoms with Gasteiger partial charge in [0.1, 0.15) is 5.82 Å². The summed E-state index contributed by atoms with van der Waals surface area (Å²) < 4.78 is 19.8. The van der Waals surface area contributed by atoms with Gasteiger partial charge in [0.25, 0.3) is 5.91 Å². The Hall–Kier alpha value is -1.95. The highest BCUT2D eigenvalue weighted by atomic mass is 19.1. The maximum atomic E-state index is 13.9. The van der Waals surface area contributed by atoms with Gasteiger partial charge in [0.2, 0.25) is 0 Å². The van der Waals surface area contributed by atoms with Gasteiger partial charge in [0, 0.05) is 0 Å². The molecule has 1 aliphatic rings. The lowest BCUT2D eigenvalue weighted by atomic mass is 9.94. The van der Waals surface area contributed by atoms with Gasteiger partial charge in [-0.05, 0) is 52.3 Å². The first-order valence-electron chi connectivity index (χ1n) is 7.06. The molecule has 120 valence electrons. The highest BCUT2D eigenvalue weighted by molar-refractivity contribution is 5.96. The van der Waals surface area contributed by atoms with Crippen LogP contribution in [0.1, 0.15) is 54.8 Å². The quantitative estimate of drug-likeness (QED) is 0.900. The Morgan fingerprint density at radius 1 is 1.32 bits per heavy atom. The number of nitrogens with one attached hydrogen (secondary N) is 1. The van der Waals surface area contributed by atoms with E-state index in [4.69, 9.17) is 9.84 Å². The van der Waals surface area contributed by atoms with Crippen LogP contribution in [0, 0.1) is 5.82 Å². The number of carboxylic acid groups (broad SMARTS) is 1. The zero-order valence-electron chi connectivity index (χ0n) is 13.1. The van der Waals surface area contributed by atoms with E-state index in [1.165, 1.54) is 12.1 Å². The number of rotatable bonds is 3. The number of hydrogen-bond acceptors (Lipinski definition) is 3. The zero-order chi connectivity index (χ0) is 16.7. The molecule has 6 heteroatoms. The number of ether oxygens (including phenoxy) is 1. The van der Waals surface area contributed by atoms with Crippen molar-refractivity contribution < 1.29 is 23.8 Å². The zero-order valence-corrected chi connectivity index (χ0v) is 13.1. The number of aromatic carboxylic acids is 1. The molecule has 2 N–H and O–H groups in total. The van der Waals surface area contributed by atoms with Crippen LogP contribution in [-0.2, 0) is 4.74 Å². The summed E-state index contributed by atoms with van der Waals surface area (Å²) in [7, 11) is 0. The molecule has 1 unspecified atom stereocenters. The predicted molar refractivity (Wildman–Crippen MR) is 78.5 cm³/mol. The van der Waals surface area contributed by atoms with E-state index in [0.717, 1.165) is 6.07 Å². The Bertz CT molecular complexity index is 625. The van der Waals surface area contributed by atoms with E-state index in [0.29, 0.717) is 6.42 Å². The van der Waals surface area contributed by atoms with Crippen LogP contribution in [0.2, 0.25) is 0 Å². The van der Waals surface area contributed by atoms with Crippen LogP contribution in [0.3, 0.4) is 0 Å². The Balaban J connectivity index is 2.18. The number of carboxylic acids is 1. The molecule has 1 atom stereocenters. The number of carbonyl (C=O) groups is 2. The lowest BCUT2D eigenvalue weighted by molar-refractivity contribution is -0.0693. The SMILES string of the molecule is CC1(C)CC(NC(=O)c2ccc(C(=O)O)cc2F)C(C)(C)O1. The molecule has 1 aromatic carbocycles. The Labute approximate surface area is 128 Å². The van der Waals surface area contributed by atoms with Crippen LogP contribution in [0.5, 0.6) is 0 Å². The van der Waals surface area contributed by atoms with Gasteiger partial charge in [-0.15, -0.1) is 0 Å².